The summed E-state index contributed by atoms with van der Waals surface area (Å²) < 4.78 is 40.0. The van der Waals surface area contributed by atoms with Crippen LogP contribution in [0.25, 0.3) is 11.2 Å². The zero-order chi connectivity index (χ0) is 45.3. The minimum absolute atomic E-state index is 0.162. The van der Waals surface area contributed by atoms with Crippen molar-refractivity contribution in [3.05, 3.63) is 152 Å². The number of imidazole rings is 1. The van der Waals surface area contributed by atoms with Crippen LogP contribution in [0.1, 0.15) is 55.5 Å². The highest BCUT2D eigenvalue weighted by molar-refractivity contribution is 8.53. The van der Waals surface area contributed by atoms with Gasteiger partial charge in [0, 0.05) is 22.8 Å². The summed E-state index contributed by atoms with van der Waals surface area (Å²) in [4.78, 5) is 22.9. The van der Waals surface area contributed by atoms with E-state index in [-0.39, 0.29) is 16.1 Å². The van der Waals surface area contributed by atoms with Crippen LogP contribution in [0.2, 0.25) is 28.2 Å². The molecule has 0 amide bonds. The molecule has 0 bridgehead atoms. The van der Waals surface area contributed by atoms with Gasteiger partial charge in [0.2, 0.25) is 0 Å². The lowest BCUT2D eigenvalue weighted by Gasteiger charge is -2.44. The highest BCUT2D eigenvalue weighted by Gasteiger charge is 2.55. The molecule has 4 aromatic carbocycles. The maximum absolute atomic E-state index is 13.5. The first kappa shape index (κ1) is 47.2. The number of rotatable bonds is 16. The molecule has 1 aliphatic carbocycles. The summed E-state index contributed by atoms with van der Waals surface area (Å²) in [6, 6.07) is 31.5. The Morgan fingerprint density at radius 1 is 0.841 bits per heavy atom. The molecule has 7 rings (SSSR count). The Labute approximate surface area is 386 Å². The van der Waals surface area contributed by atoms with Crippen molar-refractivity contribution in [3.8, 4) is 11.5 Å². The van der Waals surface area contributed by atoms with E-state index in [1.807, 2.05) is 73.3 Å². The Morgan fingerprint density at radius 2 is 1.44 bits per heavy atom. The summed E-state index contributed by atoms with van der Waals surface area (Å²) in [6.07, 6.45) is 1.94. The lowest BCUT2D eigenvalue weighted by Crippen LogP contribution is -2.51. The smallest absolute Gasteiger partial charge is 0.281 e. The van der Waals surface area contributed by atoms with E-state index >= 15 is 0 Å². The van der Waals surface area contributed by atoms with Crippen LogP contribution < -0.4 is 15.0 Å². The van der Waals surface area contributed by atoms with E-state index in [0.717, 1.165) is 33.8 Å². The van der Waals surface area contributed by atoms with Gasteiger partial charge in [-0.05, 0) is 97.3 Å². The Hall–Kier alpha value is -3.75. The number of ether oxygens (including phenoxy) is 3. The second kappa shape index (κ2) is 19.4. The fourth-order valence-corrected chi connectivity index (χ4v) is 13.0. The molecule has 0 saturated heterocycles. The highest BCUT2D eigenvalue weighted by Crippen LogP contribution is 2.59. The summed E-state index contributed by atoms with van der Waals surface area (Å²) in [5.41, 5.74) is 3.04. The maximum Gasteiger partial charge on any atom is 0.281 e. The Morgan fingerprint density at radius 3 is 2.00 bits per heavy atom. The van der Waals surface area contributed by atoms with E-state index in [1.165, 1.54) is 10.9 Å². The van der Waals surface area contributed by atoms with Gasteiger partial charge >= 0.3 is 0 Å². The quantitative estimate of drug-likeness (QED) is 0.0529. The van der Waals surface area contributed by atoms with Crippen LogP contribution in [0.3, 0.4) is 0 Å². The van der Waals surface area contributed by atoms with Gasteiger partial charge in [-0.1, -0.05) is 116 Å². The first-order chi connectivity index (χ1) is 30.0. The van der Waals surface area contributed by atoms with Crippen molar-refractivity contribution >= 4 is 61.6 Å². The Balaban J connectivity index is 1.44. The standard InChI is InChI=1S/C47H56Cl2N5O6PSSi/c1-46(2,3)63(9,10)60-43-40(58-47(32-14-12-11-13-15-32,33-17-22-36(56-7)23-18-33)34-19-24-37(57-8)25-20-34)27-39(54-30-50-41-44(54)51-29-53(6)45(41)55)42(43)59-61(52(4)5)62-28-31-16-21-35(48)26-38(31)49/h11-26,29-30,39-40,42-43H,27-28H2,1-10H3/t39-,40+,42+,43-,61?/m1/s1. The van der Waals surface area contributed by atoms with E-state index < -0.39 is 45.8 Å². The van der Waals surface area contributed by atoms with Crippen LogP contribution in [0, 0.1) is 0 Å². The van der Waals surface area contributed by atoms with E-state index in [2.05, 4.69) is 79.9 Å². The molecule has 2 heterocycles. The van der Waals surface area contributed by atoms with Gasteiger partial charge < -0.3 is 32.3 Å². The normalized spacial score (nSPS) is 18.9. The van der Waals surface area contributed by atoms with Crippen LogP contribution in [-0.2, 0) is 32.1 Å². The van der Waals surface area contributed by atoms with Crippen molar-refractivity contribution in [3.63, 3.8) is 0 Å². The molecule has 5 atom stereocenters. The third-order valence-corrected chi connectivity index (χ3v) is 21.3. The second-order valence-corrected chi connectivity index (χ2v) is 26.8. The van der Waals surface area contributed by atoms with Crippen LogP contribution in [0.15, 0.2) is 115 Å². The number of methoxy groups -OCH3 is 2. The molecule has 16 heteroatoms. The molecule has 2 aromatic heterocycles. The number of aromatic nitrogens is 4. The molecule has 1 saturated carbocycles. The predicted molar refractivity (Wildman–Crippen MR) is 259 cm³/mol. The van der Waals surface area contributed by atoms with Gasteiger partial charge in [-0.25, -0.2) is 9.97 Å². The molecular weight excluding hydrogens is 893 g/mol. The van der Waals surface area contributed by atoms with Crippen molar-refractivity contribution in [2.75, 3.05) is 28.3 Å². The fraction of sp³-hybridized carbons (Fsp3) is 0.383. The van der Waals surface area contributed by atoms with Gasteiger partial charge in [0.1, 0.15) is 23.2 Å². The molecule has 1 unspecified atom stereocenters. The second-order valence-electron chi connectivity index (χ2n) is 17.5. The maximum atomic E-state index is 13.5. The molecule has 0 radical (unpaired) electrons. The average Bonchev–Trinajstić information content (AvgIpc) is 3.83. The minimum Gasteiger partial charge on any atom is -0.497 e. The lowest BCUT2D eigenvalue weighted by atomic mass is 9.79. The van der Waals surface area contributed by atoms with Crippen molar-refractivity contribution in [1.29, 1.82) is 0 Å². The third-order valence-electron chi connectivity index (χ3n) is 12.2. The van der Waals surface area contributed by atoms with Gasteiger partial charge in [-0.2, -0.15) is 0 Å². The largest absolute Gasteiger partial charge is 0.497 e. The van der Waals surface area contributed by atoms with Crippen molar-refractivity contribution in [2.24, 2.45) is 7.05 Å². The van der Waals surface area contributed by atoms with Crippen molar-refractivity contribution < 1.29 is 23.2 Å². The molecule has 1 fully saturated rings. The molecule has 0 aliphatic heterocycles. The predicted octanol–water partition coefficient (Wildman–Crippen LogP) is 11.3. The topological polar surface area (TPSA) is 102 Å². The van der Waals surface area contributed by atoms with Crippen molar-refractivity contribution in [1.82, 2.24) is 23.8 Å². The molecule has 63 heavy (non-hydrogen) atoms. The van der Waals surface area contributed by atoms with Crippen LogP contribution in [0.4, 0.5) is 0 Å². The molecule has 11 nitrogen and oxygen atoms in total. The Bertz CT molecular complexity index is 2510. The van der Waals surface area contributed by atoms with Gasteiger partial charge in [0.15, 0.2) is 27.0 Å². The van der Waals surface area contributed by atoms with Gasteiger partial charge in [-0.15, -0.1) is 0 Å². The number of hydrogen-bond acceptors (Lipinski definition) is 10. The summed E-state index contributed by atoms with van der Waals surface area (Å²) in [5, 5.41) is 1.02. The average molecular weight is 949 g/mol. The number of halogens is 2. The van der Waals surface area contributed by atoms with Gasteiger partial charge in [-0.3, -0.25) is 9.46 Å². The molecular formula is C47H56Cl2N5O6PSSi. The summed E-state index contributed by atoms with van der Waals surface area (Å²) in [6.45, 7) is 11.2. The van der Waals surface area contributed by atoms with E-state index in [1.54, 1.807) is 45.0 Å². The molecule has 0 spiro atoms. The van der Waals surface area contributed by atoms with Gasteiger partial charge in [0.05, 0.1) is 45.1 Å². The monoisotopic (exact) mass is 947 g/mol. The van der Waals surface area contributed by atoms with Crippen molar-refractivity contribution in [2.45, 2.75) is 81.0 Å². The Kier molecular flexibility index (Phi) is 14.5. The highest BCUT2D eigenvalue weighted by atomic mass is 35.5. The summed E-state index contributed by atoms with van der Waals surface area (Å²) in [7, 11) is 5.15. The van der Waals surface area contributed by atoms with E-state index in [9.17, 15) is 4.79 Å². The summed E-state index contributed by atoms with van der Waals surface area (Å²) >= 11 is 14.7. The molecule has 0 N–H and O–H groups in total. The summed E-state index contributed by atoms with van der Waals surface area (Å²) in [5.74, 6) is 2.04. The molecule has 334 valence electrons. The van der Waals surface area contributed by atoms with Crippen LogP contribution >= 0.6 is 42.1 Å². The lowest BCUT2D eigenvalue weighted by molar-refractivity contribution is -0.0981. The zero-order valence-corrected chi connectivity index (χ0v) is 41.6. The number of fused-ring (bicyclic) bond motifs is 1. The molecule has 6 aromatic rings. The SMILES string of the molecule is COc1ccc(C(O[C@H]2C[C@@H](n3cnc4c(=O)n(C)cnc43)[C@H](OP(SCc3ccc(Cl)cc3Cl)N(C)C)[C@@H]2O[Si](C)(C)C(C)(C)C)(c2ccccc2)c2ccc(OC)cc2)cc1. The number of hydrogen-bond donors (Lipinski definition) is 0. The third kappa shape index (κ3) is 9.78. The number of nitrogens with zero attached hydrogens (tertiary/aromatic N) is 5. The first-order valence-corrected chi connectivity index (χ1v) is 27.2. The minimum atomic E-state index is -2.57. The number of aryl methyl sites for hydroxylation is 1. The van der Waals surface area contributed by atoms with E-state index in [4.69, 9.17) is 51.3 Å². The van der Waals surface area contributed by atoms with E-state index in [0.29, 0.717) is 27.9 Å². The van der Waals surface area contributed by atoms with Gasteiger partial charge in [0.25, 0.3) is 5.56 Å². The number of benzene rings is 4. The van der Waals surface area contributed by atoms with Crippen LogP contribution in [-0.4, -0.2) is 78.7 Å². The zero-order valence-electron chi connectivity index (χ0n) is 37.4. The fourth-order valence-electron chi connectivity index (χ4n) is 7.71. The first-order valence-electron chi connectivity index (χ1n) is 20.8. The molecule has 1 aliphatic rings. The van der Waals surface area contributed by atoms with Crippen LogP contribution in [0.5, 0.6) is 11.5 Å².